The number of nitrogens with zero attached hydrogens (tertiary/aromatic N) is 4. The predicted molar refractivity (Wildman–Crippen MR) is 113 cm³/mol. The van der Waals surface area contributed by atoms with E-state index in [1.807, 2.05) is 0 Å². The van der Waals surface area contributed by atoms with E-state index in [4.69, 9.17) is 5.73 Å². The van der Waals surface area contributed by atoms with Crippen LogP contribution in [0.5, 0.6) is 0 Å². The first kappa shape index (κ1) is 22.2. The van der Waals surface area contributed by atoms with Crippen molar-refractivity contribution < 1.29 is 27.1 Å². The van der Waals surface area contributed by atoms with Gasteiger partial charge in [-0.3, -0.25) is 13.9 Å². The number of alkyl halides is 1. The van der Waals surface area contributed by atoms with Gasteiger partial charge in [-0.1, -0.05) is 0 Å². The summed E-state index contributed by atoms with van der Waals surface area (Å²) in [6.07, 6.45) is -0.499. The summed E-state index contributed by atoms with van der Waals surface area (Å²) >= 11 is 0. The van der Waals surface area contributed by atoms with Gasteiger partial charge in [-0.2, -0.15) is 10.6 Å². The molecular formula is C19H26F3N5O3S. The van der Waals surface area contributed by atoms with E-state index in [2.05, 4.69) is 4.98 Å². The Morgan fingerprint density at radius 2 is 2.03 bits per heavy atom. The van der Waals surface area contributed by atoms with E-state index >= 15 is 0 Å². The summed E-state index contributed by atoms with van der Waals surface area (Å²) < 4.78 is 62.8. The second kappa shape index (κ2) is 8.15. The fourth-order valence-electron chi connectivity index (χ4n) is 4.20. The van der Waals surface area contributed by atoms with Crippen molar-refractivity contribution in [3.63, 3.8) is 0 Å². The molecule has 3 atom stereocenters. The van der Waals surface area contributed by atoms with Gasteiger partial charge < -0.3 is 20.1 Å². The van der Waals surface area contributed by atoms with Crippen LogP contribution in [-0.2, 0) is 11.3 Å². The molecular weight excluding hydrogens is 435 g/mol. The van der Waals surface area contributed by atoms with Crippen molar-refractivity contribution >= 4 is 33.5 Å². The van der Waals surface area contributed by atoms with Crippen molar-refractivity contribution in [1.82, 2.24) is 14.5 Å². The van der Waals surface area contributed by atoms with E-state index in [1.165, 1.54) is 9.47 Å². The first-order valence-electron chi connectivity index (χ1n) is 10.0. The number of carbonyl (C=O) groups excluding carboxylic acids is 1. The molecule has 1 aromatic carbocycles. The molecule has 2 aliphatic rings. The van der Waals surface area contributed by atoms with E-state index in [0.717, 1.165) is 12.1 Å². The molecule has 4 N–H and O–H groups in total. The maximum Gasteiger partial charge on any atom is 0.242 e. The van der Waals surface area contributed by atoms with Gasteiger partial charge >= 0.3 is 0 Å². The van der Waals surface area contributed by atoms with Crippen LogP contribution in [0.25, 0.3) is 11.0 Å². The molecule has 0 spiro atoms. The molecule has 12 heteroatoms. The SMILES string of the molecule is CN(C(=O)Cn1c(N2CC[C@@H](F)[C@H](N)C2)nc2cc(F)c(F)cc21)C1CCS(O)(O)C1. The highest BCUT2D eigenvalue weighted by atomic mass is 32.3. The first-order valence-corrected chi connectivity index (χ1v) is 11.9. The van der Waals surface area contributed by atoms with Crippen LogP contribution in [-0.4, -0.2) is 79.4 Å². The van der Waals surface area contributed by atoms with Gasteiger partial charge in [0.05, 0.1) is 28.9 Å². The molecule has 0 saturated carbocycles. The Bertz CT molecular complexity index is 1000. The number of aromatic nitrogens is 2. The molecule has 1 aromatic heterocycles. The number of likely N-dealkylation sites (N-methyl/N-ethyl adjacent to an activating group) is 1. The lowest BCUT2D eigenvalue weighted by Gasteiger charge is -2.34. The predicted octanol–water partition coefficient (Wildman–Crippen LogP) is 2.17. The molecule has 2 saturated heterocycles. The highest BCUT2D eigenvalue weighted by Gasteiger charge is 2.34. The van der Waals surface area contributed by atoms with Gasteiger partial charge in [0.15, 0.2) is 11.6 Å². The topological polar surface area (TPSA) is 108 Å². The van der Waals surface area contributed by atoms with Gasteiger partial charge in [0.2, 0.25) is 11.9 Å². The molecule has 1 unspecified atom stereocenters. The van der Waals surface area contributed by atoms with Gasteiger partial charge in [0.25, 0.3) is 0 Å². The van der Waals surface area contributed by atoms with Gasteiger partial charge in [-0.05, 0) is 12.8 Å². The number of anilines is 1. The third-order valence-corrected chi connectivity index (χ3v) is 7.90. The molecule has 3 heterocycles. The average molecular weight is 462 g/mol. The third-order valence-electron chi connectivity index (χ3n) is 6.10. The quantitative estimate of drug-likeness (QED) is 0.644. The van der Waals surface area contributed by atoms with Crippen molar-refractivity contribution in [2.45, 2.75) is 37.6 Å². The van der Waals surface area contributed by atoms with E-state index in [1.54, 1.807) is 11.9 Å². The molecule has 31 heavy (non-hydrogen) atoms. The molecule has 8 nitrogen and oxygen atoms in total. The Balaban J connectivity index is 1.66. The van der Waals surface area contributed by atoms with Crippen LogP contribution in [0.1, 0.15) is 12.8 Å². The zero-order valence-electron chi connectivity index (χ0n) is 17.0. The lowest BCUT2D eigenvalue weighted by atomic mass is 10.1. The maximum atomic E-state index is 14.0. The van der Waals surface area contributed by atoms with Crippen molar-refractivity contribution in [2.75, 3.05) is 36.5 Å². The Labute approximate surface area is 179 Å². The number of hydrogen-bond donors (Lipinski definition) is 3. The Morgan fingerprint density at radius 3 is 2.68 bits per heavy atom. The molecule has 0 aliphatic carbocycles. The van der Waals surface area contributed by atoms with Crippen molar-refractivity contribution in [1.29, 1.82) is 0 Å². The number of benzene rings is 1. The maximum absolute atomic E-state index is 14.0. The number of carbonyl (C=O) groups is 1. The summed E-state index contributed by atoms with van der Waals surface area (Å²) in [5.41, 5.74) is 6.28. The van der Waals surface area contributed by atoms with Crippen LogP contribution in [0.2, 0.25) is 0 Å². The average Bonchev–Trinajstić information content (AvgIpc) is 3.24. The third kappa shape index (κ3) is 4.34. The lowest BCUT2D eigenvalue weighted by molar-refractivity contribution is -0.132. The summed E-state index contributed by atoms with van der Waals surface area (Å²) in [6, 6.07) is 0.896. The number of piperidine rings is 1. The number of nitrogens with two attached hydrogens (primary N) is 1. The second-order valence-corrected chi connectivity index (χ2v) is 10.6. The molecule has 172 valence electrons. The smallest absolute Gasteiger partial charge is 0.242 e. The zero-order valence-corrected chi connectivity index (χ0v) is 17.9. The van der Waals surface area contributed by atoms with Crippen LogP contribution in [0.4, 0.5) is 19.1 Å². The molecule has 2 aliphatic heterocycles. The van der Waals surface area contributed by atoms with E-state index in [9.17, 15) is 27.1 Å². The Hall–Kier alpha value is -2.02. The van der Waals surface area contributed by atoms with Gasteiger partial charge in [0.1, 0.15) is 12.7 Å². The molecule has 4 rings (SSSR count). The monoisotopic (exact) mass is 461 g/mol. The number of hydrogen-bond acceptors (Lipinski definition) is 6. The lowest BCUT2D eigenvalue weighted by Crippen LogP contribution is -2.50. The minimum absolute atomic E-state index is 0.117. The largest absolute Gasteiger partial charge is 0.340 e. The van der Waals surface area contributed by atoms with Crippen LogP contribution in [0.3, 0.4) is 0 Å². The minimum atomic E-state index is -2.68. The second-order valence-electron chi connectivity index (χ2n) is 8.29. The van der Waals surface area contributed by atoms with E-state index in [0.29, 0.717) is 18.9 Å². The number of amides is 1. The molecule has 2 aromatic rings. The van der Waals surface area contributed by atoms with Crippen LogP contribution < -0.4 is 10.6 Å². The van der Waals surface area contributed by atoms with Gasteiger partial charge in [0, 0.05) is 38.0 Å². The van der Waals surface area contributed by atoms with E-state index < -0.39 is 34.4 Å². The number of imidazole rings is 1. The summed E-state index contributed by atoms with van der Waals surface area (Å²) in [4.78, 5) is 20.6. The fraction of sp³-hybridized carbons (Fsp3) is 0.579. The van der Waals surface area contributed by atoms with Crippen molar-refractivity contribution in [2.24, 2.45) is 5.73 Å². The Morgan fingerprint density at radius 1 is 1.32 bits per heavy atom. The molecule has 2 fully saturated rings. The van der Waals surface area contributed by atoms with Crippen LogP contribution in [0, 0.1) is 11.6 Å². The van der Waals surface area contributed by atoms with Crippen LogP contribution in [0.15, 0.2) is 12.1 Å². The highest BCUT2D eigenvalue weighted by Crippen LogP contribution is 2.47. The number of fused-ring (bicyclic) bond motifs is 1. The summed E-state index contributed by atoms with van der Waals surface area (Å²) in [7, 11) is -1.10. The Kier molecular flexibility index (Phi) is 5.83. The summed E-state index contributed by atoms with van der Waals surface area (Å²) in [5, 5.41) is 0. The summed E-state index contributed by atoms with van der Waals surface area (Å²) in [6.45, 7) is 0.244. The van der Waals surface area contributed by atoms with E-state index in [-0.39, 0.29) is 54.0 Å². The highest BCUT2D eigenvalue weighted by molar-refractivity contribution is 8.24. The summed E-state index contributed by atoms with van der Waals surface area (Å²) in [5.74, 6) is -1.80. The normalized spacial score (nSPS) is 26.9. The molecule has 0 bridgehead atoms. The first-order chi connectivity index (χ1) is 14.6. The standard InChI is InChI=1S/C19H26F3N5O3S/c1-25(11-3-5-31(29,30)10-11)18(28)9-27-17-7-14(22)13(21)6-16(17)24-19(27)26-4-2-12(20)15(23)8-26/h6-7,11-12,15,29-30H,2-5,8-10,23H2,1H3/t11?,12-,15-/m1/s1. The van der Waals surface area contributed by atoms with Gasteiger partial charge in [-0.25, -0.2) is 18.2 Å². The van der Waals surface area contributed by atoms with Crippen molar-refractivity contribution in [3.05, 3.63) is 23.8 Å². The number of halogens is 3. The van der Waals surface area contributed by atoms with Crippen LogP contribution >= 0.6 is 10.6 Å². The van der Waals surface area contributed by atoms with Gasteiger partial charge in [-0.15, -0.1) is 0 Å². The fourth-order valence-corrected chi connectivity index (χ4v) is 6.02. The molecule has 1 amide bonds. The zero-order chi connectivity index (χ0) is 22.5. The number of rotatable bonds is 4. The minimum Gasteiger partial charge on any atom is -0.340 e. The molecule has 0 radical (unpaired) electrons. The van der Waals surface area contributed by atoms with Crippen molar-refractivity contribution in [3.8, 4) is 0 Å².